The molecule has 11 aromatic carbocycles. The first-order valence-electron chi connectivity index (χ1n) is 22.0. The largest absolute Gasteiger partial charge is 0.455 e. The summed E-state index contributed by atoms with van der Waals surface area (Å²) in [7, 11) is 0. The van der Waals surface area contributed by atoms with E-state index in [1.807, 2.05) is 0 Å². The van der Waals surface area contributed by atoms with Crippen LogP contribution in [0.15, 0.2) is 243 Å². The van der Waals surface area contributed by atoms with Gasteiger partial charge in [-0.25, -0.2) is 0 Å². The number of benzene rings is 11. The summed E-state index contributed by atoms with van der Waals surface area (Å²) < 4.78 is 7.21. The topological polar surface area (TPSA) is 15.7 Å². The van der Waals surface area contributed by atoms with Gasteiger partial charge in [-0.2, -0.15) is 0 Å². The third-order valence-corrected chi connectivity index (χ3v) is 13.5. The van der Waals surface area contributed by atoms with Crippen molar-refractivity contribution in [2.75, 3.05) is 9.80 Å². The van der Waals surface area contributed by atoms with E-state index in [-0.39, 0.29) is 0 Å². The van der Waals surface area contributed by atoms with Crippen LogP contribution in [0, 0.1) is 0 Å². The summed E-state index contributed by atoms with van der Waals surface area (Å²) in [6.45, 7) is 0. The van der Waals surface area contributed by atoms with Crippen LogP contribution in [0.25, 0.3) is 43.4 Å². The van der Waals surface area contributed by atoms with Crippen LogP contribution in [0.2, 0.25) is 0 Å². The smallest absolute Gasteiger partial charge is 0.140 e. The highest BCUT2D eigenvalue weighted by atomic mass is 16.5. The summed E-state index contributed by atoms with van der Waals surface area (Å²) in [6.07, 6.45) is 0. The predicted molar refractivity (Wildman–Crippen MR) is 266 cm³/mol. The molecular weight excluding hydrogens is 777 g/mol. The Balaban J connectivity index is 1.04. The number of hydrogen-bond donors (Lipinski definition) is 0. The van der Waals surface area contributed by atoms with Crippen LogP contribution >= 0.6 is 0 Å². The lowest BCUT2D eigenvalue weighted by molar-refractivity contribution is 0.447. The molecule has 0 unspecified atom stereocenters. The molecule has 300 valence electrons. The van der Waals surface area contributed by atoms with Gasteiger partial charge in [0.05, 0.1) is 11.1 Å². The average Bonchev–Trinajstić information content (AvgIpc) is 3.65. The van der Waals surface area contributed by atoms with Crippen molar-refractivity contribution in [3.05, 3.63) is 265 Å². The van der Waals surface area contributed by atoms with Crippen molar-refractivity contribution in [2.45, 2.75) is 5.41 Å². The minimum Gasteiger partial charge on any atom is -0.455 e. The lowest BCUT2D eigenvalue weighted by Gasteiger charge is -2.40. The van der Waals surface area contributed by atoms with Crippen LogP contribution < -0.4 is 14.5 Å². The highest BCUT2D eigenvalue weighted by Gasteiger charge is 2.52. The van der Waals surface area contributed by atoms with Crippen molar-refractivity contribution in [3.8, 4) is 22.6 Å². The Morgan fingerprint density at radius 1 is 0.281 bits per heavy atom. The number of hydrogen-bond acceptors (Lipinski definition) is 3. The zero-order valence-electron chi connectivity index (χ0n) is 34.9. The Bertz CT molecular complexity index is 3470. The Morgan fingerprint density at radius 2 is 0.719 bits per heavy atom. The highest BCUT2D eigenvalue weighted by molar-refractivity contribution is 6.02. The second-order valence-electron chi connectivity index (χ2n) is 16.8. The van der Waals surface area contributed by atoms with Gasteiger partial charge < -0.3 is 14.5 Å². The fourth-order valence-electron chi connectivity index (χ4n) is 10.7. The van der Waals surface area contributed by atoms with Gasteiger partial charge in [0, 0.05) is 55.7 Å². The van der Waals surface area contributed by atoms with Crippen LogP contribution in [-0.2, 0) is 5.41 Å². The molecule has 0 atom stereocenters. The van der Waals surface area contributed by atoms with Crippen LogP contribution in [0.5, 0.6) is 11.5 Å². The first-order valence-corrected chi connectivity index (χ1v) is 22.0. The molecule has 13 rings (SSSR count). The first kappa shape index (κ1) is 36.3. The van der Waals surface area contributed by atoms with Gasteiger partial charge in [0.2, 0.25) is 0 Å². The van der Waals surface area contributed by atoms with Crippen molar-refractivity contribution in [1.82, 2.24) is 0 Å². The third kappa shape index (κ3) is 5.34. The van der Waals surface area contributed by atoms with Gasteiger partial charge in [0.1, 0.15) is 11.5 Å². The monoisotopic (exact) mass is 816 g/mol. The second kappa shape index (κ2) is 14.3. The van der Waals surface area contributed by atoms with E-state index < -0.39 is 5.41 Å². The van der Waals surface area contributed by atoms with Gasteiger partial charge in [0.15, 0.2) is 0 Å². The number of anilines is 6. The zero-order valence-corrected chi connectivity index (χ0v) is 34.9. The molecule has 0 amide bonds. The van der Waals surface area contributed by atoms with Gasteiger partial charge in [0.25, 0.3) is 0 Å². The Morgan fingerprint density at radius 3 is 1.34 bits per heavy atom. The molecule has 1 heterocycles. The summed E-state index contributed by atoms with van der Waals surface area (Å²) in [5, 5.41) is 6.94. The first-order chi connectivity index (χ1) is 31.8. The minimum absolute atomic E-state index is 0.619. The number of para-hydroxylation sites is 2. The van der Waals surface area contributed by atoms with E-state index in [1.54, 1.807) is 0 Å². The maximum absolute atomic E-state index is 7.21. The van der Waals surface area contributed by atoms with Crippen molar-refractivity contribution in [3.63, 3.8) is 0 Å². The molecule has 0 aromatic heterocycles. The summed E-state index contributed by atoms with van der Waals surface area (Å²) in [5.41, 5.74) is 13.2. The van der Waals surface area contributed by atoms with E-state index in [0.717, 1.165) is 78.3 Å². The number of rotatable bonds is 6. The number of fused-ring (bicyclic) bond motifs is 14. The van der Waals surface area contributed by atoms with E-state index in [0.29, 0.717) is 0 Å². The highest BCUT2D eigenvalue weighted by Crippen LogP contribution is 2.64. The minimum atomic E-state index is -0.619. The van der Waals surface area contributed by atoms with Crippen molar-refractivity contribution in [1.29, 1.82) is 0 Å². The maximum atomic E-state index is 7.21. The van der Waals surface area contributed by atoms with Gasteiger partial charge in [-0.15, -0.1) is 0 Å². The van der Waals surface area contributed by atoms with Gasteiger partial charge >= 0.3 is 0 Å². The van der Waals surface area contributed by atoms with Crippen LogP contribution in [0.1, 0.15) is 22.3 Å². The standard InChI is InChI=1S/C61H40N2O/c1-3-20-44(21-4-1)62(45-22-5-2-6-23-45)46-32-34-47(35-33-46)63(58-29-15-19-41-16-7-10-24-49(41)58)48-36-39-55-53(40-48)52-27-13-14-28-54(52)61(55)56-37-30-42-17-8-11-25-50(42)59(56)64-60-51-26-12-9-18-43(51)31-38-57(60)61/h1-40H. The molecule has 0 saturated carbocycles. The zero-order chi connectivity index (χ0) is 42.2. The lowest BCUT2D eigenvalue weighted by atomic mass is 9.65. The van der Waals surface area contributed by atoms with Crippen LogP contribution in [0.4, 0.5) is 34.1 Å². The summed E-state index contributed by atoms with van der Waals surface area (Å²) >= 11 is 0. The quantitative estimate of drug-likeness (QED) is 0.166. The van der Waals surface area contributed by atoms with Gasteiger partial charge in [-0.3, -0.25) is 0 Å². The SMILES string of the molecule is c1ccc(N(c2ccccc2)c2ccc(N(c3ccc4c(c3)-c3ccccc3C43c4ccc5ccccc5c4Oc4c3ccc3ccccc43)c3cccc4ccccc34)cc2)cc1. The molecule has 0 N–H and O–H groups in total. The molecule has 1 aliphatic heterocycles. The molecule has 1 aliphatic carbocycles. The number of ether oxygens (including phenoxy) is 1. The van der Waals surface area contributed by atoms with E-state index in [1.165, 1.54) is 33.0 Å². The van der Waals surface area contributed by atoms with Crippen molar-refractivity contribution in [2.24, 2.45) is 0 Å². The Kier molecular flexibility index (Phi) is 8.13. The average molecular weight is 817 g/mol. The maximum Gasteiger partial charge on any atom is 0.140 e. The van der Waals surface area contributed by atoms with Crippen molar-refractivity contribution < 1.29 is 4.74 Å². The molecule has 0 bridgehead atoms. The molecule has 64 heavy (non-hydrogen) atoms. The van der Waals surface area contributed by atoms with Crippen molar-refractivity contribution >= 4 is 66.4 Å². The second-order valence-corrected chi connectivity index (χ2v) is 16.8. The van der Waals surface area contributed by atoms with E-state index in [2.05, 4.69) is 252 Å². The Hall–Kier alpha value is -8.40. The third-order valence-electron chi connectivity index (χ3n) is 13.5. The fourth-order valence-corrected chi connectivity index (χ4v) is 10.7. The van der Waals surface area contributed by atoms with E-state index in [9.17, 15) is 0 Å². The molecule has 0 fully saturated rings. The normalized spacial score (nSPS) is 12.9. The molecule has 3 nitrogen and oxygen atoms in total. The van der Waals surface area contributed by atoms with Crippen LogP contribution in [0.3, 0.4) is 0 Å². The summed E-state index contributed by atoms with van der Waals surface area (Å²) in [6, 6.07) is 88.1. The molecule has 0 radical (unpaired) electrons. The Labute approximate surface area is 372 Å². The number of nitrogens with zero attached hydrogens (tertiary/aromatic N) is 2. The summed E-state index contributed by atoms with van der Waals surface area (Å²) in [5.74, 6) is 1.84. The molecule has 11 aromatic rings. The summed E-state index contributed by atoms with van der Waals surface area (Å²) in [4.78, 5) is 4.75. The molecule has 1 spiro atoms. The van der Waals surface area contributed by atoms with Crippen LogP contribution in [-0.4, -0.2) is 0 Å². The van der Waals surface area contributed by atoms with Gasteiger partial charge in [-0.1, -0.05) is 176 Å². The molecule has 2 aliphatic rings. The van der Waals surface area contributed by atoms with E-state index in [4.69, 9.17) is 4.74 Å². The molecule has 3 heteroatoms. The fraction of sp³-hybridized carbons (Fsp3) is 0.0164. The predicted octanol–water partition coefficient (Wildman–Crippen LogP) is 16.6. The van der Waals surface area contributed by atoms with Gasteiger partial charge in [-0.05, 0) is 105 Å². The lowest BCUT2D eigenvalue weighted by Crippen LogP contribution is -2.32. The van der Waals surface area contributed by atoms with E-state index >= 15 is 0 Å². The molecular formula is C61H40N2O. The molecule has 0 saturated heterocycles.